The number of aliphatic imine (C=N–C) groups is 1. The van der Waals surface area contributed by atoms with E-state index >= 15 is 0 Å². The molecule has 80 valence electrons. The average molecular weight is 201 g/mol. The molecular weight excluding hydrogens is 182 g/mol. The molecule has 1 fully saturated rings. The predicted molar refractivity (Wildman–Crippen MR) is 65.5 cm³/mol. The van der Waals surface area contributed by atoms with Crippen molar-refractivity contribution in [1.29, 1.82) is 0 Å². The second kappa shape index (κ2) is 5.11. The van der Waals surface area contributed by atoms with E-state index in [-0.39, 0.29) is 0 Å². The summed E-state index contributed by atoms with van der Waals surface area (Å²) in [5, 5.41) is 0. The van der Waals surface area contributed by atoms with E-state index in [1.165, 1.54) is 31.2 Å². The molecule has 1 nitrogen and oxygen atoms in total. The van der Waals surface area contributed by atoms with Crippen molar-refractivity contribution in [2.24, 2.45) is 10.9 Å². The molecule has 2 rings (SSSR count). The normalized spacial score (nSPS) is 27.0. The minimum atomic E-state index is 0.571. The zero-order valence-electron chi connectivity index (χ0n) is 9.39. The lowest BCUT2D eigenvalue weighted by Crippen LogP contribution is -2.15. The molecule has 1 aliphatic rings. The summed E-state index contributed by atoms with van der Waals surface area (Å²) in [5.41, 5.74) is 1.22. The van der Waals surface area contributed by atoms with Gasteiger partial charge in [-0.05, 0) is 37.2 Å². The first kappa shape index (κ1) is 10.4. The lowest BCUT2D eigenvalue weighted by molar-refractivity contribution is 0.350. The molecule has 0 aliphatic heterocycles. The Morgan fingerprint density at radius 2 is 1.73 bits per heavy atom. The molecule has 0 amide bonds. The number of nitrogens with zero attached hydrogens (tertiary/aromatic N) is 1. The van der Waals surface area contributed by atoms with Crippen LogP contribution >= 0.6 is 0 Å². The highest BCUT2D eigenvalue weighted by Crippen LogP contribution is 2.25. The van der Waals surface area contributed by atoms with Crippen molar-refractivity contribution < 1.29 is 0 Å². The standard InChI is InChI=1S/C14H19N/c1-12-7-9-14(10-8-12)15-11-13-5-3-2-4-6-13/h2-6,11-12,14H,7-10H2,1H3. The third-order valence-electron chi connectivity index (χ3n) is 3.22. The molecule has 0 unspecified atom stereocenters. The molecule has 0 spiro atoms. The van der Waals surface area contributed by atoms with Gasteiger partial charge in [0.15, 0.2) is 0 Å². The van der Waals surface area contributed by atoms with Crippen LogP contribution in [-0.4, -0.2) is 12.3 Å². The van der Waals surface area contributed by atoms with E-state index in [1.54, 1.807) is 0 Å². The summed E-state index contributed by atoms with van der Waals surface area (Å²) in [6.07, 6.45) is 7.25. The molecule has 1 aromatic rings. The van der Waals surface area contributed by atoms with Crippen LogP contribution in [0.3, 0.4) is 0 Å². The van der Waals surface area contributed by atoms with Crippen molar-refractivity contribution in [2.45, 2.75) is 38.6 Å². The van der Waals surface area contributed by atoms with E-state index in [4.69, 9.17) is 0 Å². The van der Waals surface area contributed by atoms with Gasteiger partial charge >= 0.3 is 0 Å². The summed E-state index contributed by atoms with van der Waals surface area (Å²) >= 11 is 0. The van der Waals surface area contributed by atoms with Gasteiger partial charge in [-0.1, -0.05) is 37.3 Å². The molecule has 15 heavy (non-hydrogen) atoms. The SMILES string of the molecule is CC1CCC(N=Cc2ccccc2)CC1. The van der Waals surface area contributed by atoms with Crippen LogP contribution in [0.25, 0.3) is 0 Å². The van der Waals surface area contributed by atoms with Gasteiger partial charge in [-0.25, -0.2) is 0 Å². The molecule has 1 heteroatoms. The van der Waals surface area contributed by atoms with Crippen LogP contribution in [0.4, 0.5) is 0 Å². The third-order valence-corrected chi connectivity index (χ3v) is 3.22. The van der Waals surface area contributed by atoms with Crippen LogP contribution < -0.4 is 0 Å². The molecule has 0 bridgehead atoms. The van der Waals surface area contributed by atoms with Crippen molar-refractivity contribution in [2.75, 3.05) is 0 Å². The summed E-state index contributed by atoms with van der Waals surface area (Å²) in [4.78, 5) is 4.66. The summed E-state index contributed by atoms with van der Waals surface area (Å²) in [5.74, 6) is 0.910. The Labute approximate surface area is 92.2 Å². The molecule has 0 atom stereocenters. The minimum absolute atomic E-state index is 0.571. The predicted octanol–water partition coefficient (Wildman–Crippen LogP) is 3.68. The smallest absolute Gasteiger partial charge is 0.0500 e. The molecule has 0 heterocycles. The Morgan fingerprint density at radius 1 is 1.07 bits per heavy atom. The highest BCUT2D eigenvalue weighted by atomic mass is 14.8. The number of hydrogen-bond donors (Lipinski definition) is 0. The van der Waals surface area contributed by atoms with Gasteiger partial charge in [0.05, 0.1) is 0 Å². The van der Waals surface area contributed by atoms with Crippen LogP contribution in [0.15, 0.2) is 35.3 Å². The zero-order chi connectivity index (χ0) is 10.5. The van der Waals surface area contributed by atoms with Gasteiger partial charge in [0, 0.05) is 12.3 Å². The van der Waals surface area contributed by atoms with E-state index in [2.05, 4.69) is 36.2 Å². The minimum Gasteiger partial charge on any atom is -0.289 e. The van der Waals surface area contributed by atoms with Crippen molar-refractivity contribution in [1.82, 2.24) is 0 Å². The summed E-state index contributed by atoms with van der Waals surface area (Å²) in [7, 11) is 0. The highest BCUT2D eigenvalue weighted by molar-refractivity contribution is 5.79. The van der Waals surface area contributed by atoms with Crippen molar-refractivity contribution in [3.8, 4) is 0 Å². The second-order valence-corrected chi connectivity index (χ2v) is 4.60. The van der Waals surface area contributed by atoms with E-state index < -0.39 is 0 Å². The van der Waals surface area contributed by atoms with Crippen LogP contribution in [-0.2, 0) is 0 Å². The molecule has 0 N–H and O–H groups in total. The number of hydrogen-bond acceptors (Lipinski definition) is 1. The molecule has 1 aromatic carbocycles. The Kier molecular flexibility index (Phi) is 3.54. The number of benzene rings is 1. The van der Waals surface area contributed by atoms with Gasteiger partial charge in [-0.15, -0.1) is 0 Å². The molecule has 0 radical (unpaired) electrons. The van der Waals surface area contributed by atoms with Gasteiger partial charge in [0.2, 0.25) is 0 Å². The largest absolute Gasteiger partial charge is 0.289 e. The van der Waals surface area contributed by atoms with Gasteiger partial charge in [-0.3, -0.25) is 4.99 Å². The van der Waals surface area contributed by atoms with Crippen LogP contribution in [0.1, 0.15) is 38.2 Å². The first-order valence-corrected chi connectivity index (χ1v) is 5.93. The molecule has 0 saturated heterocycles. The lowest BCUT2D eigenvalue weighted by atomic mass is 9.88. The van der Waals surface area contributed by atoms with Gasteiger partial charge < -0.3 is 0 Å². The van der Waals surface area contributed by atoms with Crippen molar-refractivity contribution >= 4 is 6.21 Å². The molecule has 1 saturated carbocycles. The number of rotatable bonds is 2. The Morgan fingerprint density at radius 3 is 2.40 bits per heavy atom. The van der Waals surface area contributed by atoms with E-state index in [9.17, 15) is 0 Å². The quantitative estimate of drug-likeness (QED) is 0.647. The third kappa shape index (κ3) is 3.19. The van der Waals surface area contributed by atoms with Crippen LogP contribution in [0.2, 0.25) is 0 Å². The molecular formula is C14H19N. The Balaban J connectivity index is 1.89. The highest BCUT2D eigenvalue weighted by Gasteiger charge is 2.16. The first-order chi connectivity index (χ1) is 7.34. The molecule has 1 aliphatic carbocycles. The fourth-order valence-electron chi connectivity index (χ4n) is 2.12. The van der Waals surface area contributed by atoms with Gasteiger partial charge in [0.25, 0.3) is 0 Å². The van der Waals surface area contributed by atoms with Gasteiger partial charge in [-0.2, -0.15) is 0 Å². The van der Waals surface area contributed by atoms with Crippen LogP contribution in [0, 0.1) is 5.92 Å². The maximum Gasteiger partial charge on any atom is 0.0500 e. The average Bonchev–Trinajstić information content (AvgIpc) is 2.30. The Bertz CT molecular complexity index is 307. The lowest BCUT2D eigenvalue weighted by Gasteiger charge is -2.22. The summed E-state index contributed by atoms with van der Waals surface area (Å²) in [6, 6.07) is 10.9. The van der Waals surface area contributed by atoms with Crippen molar-refractivity contribution in [3.05, 3.63) is 35.9 Å². The maximum absolute atomic E-state index is 4.66. The monoisotopic (exact) mass is 201 g/mol. The Hall–Kier alpha value is -1.11. The first-order valence-electron chi connectivity index (χ1n) is 5.93. The summed E-state index contributed by atoms with van der Waals surface area (Å²) in [6.45, 7) is 2.34. The van der Waals surface area contributed by atoms with Crippen LogP contribution in [0.5, 0.6) is 0 Å². The molecule has 0 aromatic heterocycles. The van der Waals surface area contributed by atoms with E-state index in [0.717, 1.165) is 5.92 Å². The summed E-state index contributed by atoms with van der Waals surface area (Å²) < 4.78 is 0. The van der Waals surface area contributed by atoms with E-state index in [0.29, 0.717) is 6.04 Å². The van der Waals surface area contributed by atoms with Crippen molar-refractivity contribution in [3.63, 3.8) is 0 Å². The second-order valence-electron chi connectivity index (χ2n) is 4.60. The topological polar surface area (TPSA) is 12.4 Å². The fraction of sp³-hybridized carbons (Fsp3) is 0.500. The van der Waals surface area contributed by atoms with Gasteiger partial charge in [0.1, 0.15) is 0 Å². The fourth-order valence-corrected chi connectivity index (χ4v) is 2.12. The van der Waals surface area contributed by atoms with E-state index in [1.807, 2.05) is 12.3 Å². The maximum atomic E-state index is 4.66. The zero-order valence-corrected chi connectivity index (χ0v) is 9.39.